The highest BCUT2D eigenvalue weighted by molar-refractivity contribution is 6.96. The molecule has 3 heteroatoms. The lowest BCUT2D eigenvalue weighted by atomic mass is 9.61. The SMILES string of the molecule is C=C/C=C\C1=C(C)[Si](C)(C)c2cc3oc4ccccc4c3cc2C12c1ccccc1N(c1ccccc1)c1ccccc12. The minimum absolute atomic E-state index is 0.521. The summed E-state index contributed by atoms with van der Waals surface area (Å²) in [6.45, 7) is 11.4. The van der Waals surface area contributed by atoms with Crippen molar-refractivity contribution in [2.24, 2.45) is 0 Å². The molecule has 2 nitrogen and oxygen atoms in total. The monoisotopic (exact) mass is 571 g/mol. The molecule has 6 aromatic rings. The number of para-hydroxylation sites is 4. The van der Waals surface area contributed by atoms with E-state index in [0.717, 1.165) is 22.2 Å². The predicted molar refractivity (Wildman–Crippen MR) is 184 cm³/mol. The van der Waals surface area contributed by atoms with Gasteiger partial charge in [-0.15, -0.1) is 0 Å². The topological polar surface area (TPSA) is 16.4 Å². The number of hydrogen-bond donors (Lipinski definition) is 0. The molecule has 8 rings (SSSR count). The second-order valence-corrected chi connectivity index (χ2v) is 16.7. The van der Waals surface area contributed by atoms with Gasteiger partial charge in [-0.25, -0.2) is 0 Å². The van der Waals surface area contributed by atoms with Crippen molar-refractivity contribution in [2.75, 3.05) is 4.90 Å². The zero-order chi connectivity index (χ0) is 29.3. The fraction of sp³-hybridized carbons (Fsp3) is 0.100. The summed E-state index contributed by atoms with van der Waals surface area (Å²) in [5.74, 6) is 0. The average Bonchev–Trinajstić information content (AvgIpc) is 3.41. The molecule has 0 atom stereocenters. The Labute approximate surface area is 253 Å². The standard InChI is InChI=1S/C40H33NOSi/c1-5-6-19-31-27(2)43(3,4)39-26-38-30(29-18-10-15-24-37(29)42-38)25-34(39)40(31)32-20-11-13-22-35(32)41(28-16-8-7-9-17-28)36-23-14-12-21-33(36)40/h5-26H,1H2,2-4H3/b19-6-. The minimum atomic E-state index is -2.11. The summed E-state index contributed by atoms with van der Waals surface area (Å²) in [4.78, 5) is 2.43. The van der Waals surface area contributed by atoms with E-state index in [2.05, 4.69) is 159 Å². The Morgan fingerprint density at radius 2 is 1.33 bits per heavy atom. The second kappa shape index (κ2) is 9.32. The van der Waals surface area contributed by atoms with Gasteiger partial charge in [-0.3, -0.25) is 0 Å². The first-order chi connectivity index (χ1) is 21.0. The largest absolute Gasteiger partial charge is 0.456 e. The summed E-state index contributed by atoms with van der Waals surface area (Å²) in [7, 11) is -2.11. The van der Waals surface area contributed by atoms with E-state index in [1.807, 2.05) is 6.08 Å². The quantitative estimate of drug-likeness (QED) is 0.155. The van der Waals surface area contributed by atoms with Crippen molar-refractivity contribution in [3.05, 3.63) is 168 Å². The van der Waals surface area contributed by atoms with E-state index >= 15 is 0 Å². The third kappa shape index (κ3) is 3.40. The van der Waals surface area contributed by atoms with Gasteiger partial charge in [0, 0.05) is 16.5 Å². The maximum Gasteiger partial charge on any atom is 0.135 e. The van der Waals surface area contributed by atoms with Gasteiger partial charge in [0.1, 0.15) is 19.2 Å². The van der Waals surface area contributed by atoms with Crippen molar-refractivity contribution in [1.29, 1.82) is 0 Å². The van der Waals surface area contributed by atoms with Crippen molar-refractivity contribution in [1.82, 2.24) is 0 Å². The van der Waals surface area contributed by atoms with Crippen LogP contribution in [0.5, 0.6) is 0 Å². The molecule has 0 radical (unpaired) electrons. The Bertz CT molecular complexity index is 2100. The van der Waals surface area contributed by atoms with Gasteiger partial charge < -0.3 is 9.32 Å². The zero-order valence-corrected chi connectivity index (χ0v) is 25.8. The lowest BCUT2D eigenvalue weighted by molar-refractivity contribution is 0.668. The van der Waals surface area contributed by atoms with E-state index in [1.165, 1.54) is 49.4 Å². The van der Waals surface area contributed by atoms with E-state index in [9.17, 15) is 0 Å². The molecule has 0 N–H and O–H groups in total. The Balaban J connectivity index is 1.59. The third-order valence-corrected chi connectivity index (χ3v) is 13.8. The minimum Gasteiger partial charge on any atom is -0.456 e. The summed E-state index contributed by atoms with van der Waals surface area (Å²) < 4.78 is 6.50. The lowest BCUT2D eigenvalue weighted by Crippen LogP contribution is -2.56. The van der Waals surface area contributed by atoms with Crippen molar-refractivity contribution in [3.63, 3.8) is 0 Å². The van der Waals surface area contributed by atoms with Crippen LogP contribution in [0.15, 0.2) is 155 Å². The Kier molecular flexibility index (Phi) is 5.60. The second-order valence-electron chi connectivity index (χ2n) is 12.2. The summed E-state index contributed by atoms with van der Waals surface area (Å²) in [6, 6.07) is 42.0. The van der Waals surface area contributed by atoms with E-state index in [0.29, 0.717) is 0 Å². The number of fused-ring (bicyclic) bond motifs is 9. The smallest absolute Gasteiger partial charge is 0.135 e. The number of furan rings is 1. The molecule has 2 aliphatic heterocycles. The van der Waals surface area contributed by atoms with Crippen LogP contribution in [0.25, 0.3) is 21.9 Å². The number of benzene rings is 5. The third-order valence-electron chi connectivity index (χ3n) is 9.85. The van der Waals surface area contributed by atoms with Crippen LogP contribution in [0.4, 0.5) is 17.1 Å². The normalized spacial score (nSPS) is 16.5. The van der Waals surface area contributed by atoms with Crippen LogP contribution in [0, 0.1) is 0 Å². The van der Waals surface area contributed by atoms with E-state index < -0.39 is 13.5 Å². The van der Waals surface area contributed by atoms with Crippen LogP contribution in [0.1, 0.15) is 23.6 Å². The van der Waals surface area contributed by atoms with Gasteiger partial charge in [-0.05, 0) is 76.8 Å². The van der Waals surface area contributed by atoms with Crippen LogP contribution in [0.3, 0.4) is 0 Å². The summed E-state index contributed by atoms with van der Waals surface area (Å²) >= 11 is 0. The van der Waals surface area contributed by atoms with Crippen molar-refractivity contribution >= 4 is 52.3 Å². The molecule has 1 spiro atoms. The van der Waals surface area contributed by atoms with Gasteiger partial charge >= 0.3 is 0 Å². The highest BCUT2D eigenvalue weighted by Gasteiger charge is 2.53. The fourth-order valence-electron chi connectivity index (χ4n) is 7.66. The van der Waals surface area contributed by atoms with Crippen LogP contribution < -0.4 is 10.1 Å². The molecule has 3 heterocycles. The maximum absolute atomic E-state index is 6.50. The first-order valence-electron chi connectivity index (χ1n) is 15.0. The number of hydrogen-bond acceptors (Lipinski definition) is 2. The molecule has 0 unspecified atom stereocenters. The molecule has 43 heavy (non-hydrogen) atoms. The van der Waals surface area contributed by atoms with Crippen molar-refractivity contribution < 1.29 is 4.42 Å². The Hall–Kier alpha value is -4.86. The van der Waals surface area contributed by atoms with E-state index in [4.69, 9.17) is 4.42 Å². The highest BCUT2D eigenvalue weighted by Crippen LogP contribution is 2.60. The van der Waals surface area contributed by atoms with Gasteiger partial charge in [-0.2, -0.15) is 0 Å². The first kappa shape index (κ1) is 25.8. The molecular formula is C40H33NOSi. The molecule has 0 saturated carbocycles. The molecule has 0 amide bonds. The van der Waals surface area contributed by atoms with Crippen LogP contribution >= 0.6 is 0 Å². The lowest BCUT2D eigenvalue weighted by Gasteiger charge is -2.52. The fourth-order valence-corrected chi connectivity index (χ4v) is 10.4. The van der Waals surface area contributed by atoms with E-state index in [-0.39, 0.29) is 0 Å². The Morgan fingerprint density at radius 3 is 2.02 bits per heavy atom. The predicted octanol–water partition coefficient (Wildman–Crippen LogP) is 10.2. The van der Waals surface area contributed by atoms with Gasteiger partial charge in [0.15, 0.2) is 0 Å². The van der Waals surface area contributed by atoms with Gasteiger partial charge in [0.25, 0.3) is 0 Å². The number of nitrogens with zero attached hydrogens (tertiary/aromatic N) is 1. The molecule has 1 aromatic heterocycles. The summed E-state index contributed by atoms with van der Waals surface area (Å²) in [6.07, 6.45) is 6.36. The van der Waals surface area contributed by atoms with Gasteiger partial charge in [-0.1, -0.05) is 116 Å². The van der Waals surface area contributed by atoms with Crippen LogP contribution in [-0.4, -0.2) is 8.07 Å². The van der Waals surface area contributed by atoms with Crippen LogP contribution in [0.2, 0.25) is 13.1 Å². The molecule has 0 fully saturated rings. The van der Waals surface area contributed by atoms with E-state index in [1.54, 1.807) is 0 Å². The van der Waals surface area contributed by atoms with Crippen LogP contribution in [-0.2, 0) is 5.41 Å². The molecule has 2 aliphatic rings. The molecule has 0 bridgehead atoms. The molecular weight excluding hydrogens is 539 g/mol. The number of allylic oxidation sites excluding steroid dienone is 5. The number of anilines is 3. The van der Waals surface area contributed by atoms with Gasteiger partial charge in [0.05, 0.1) is 16.8 Å². The van der Waals surface area contributed by atoms with Gasteiger partial charge in [0.2, 0.25) is 0 Å². The molecule has 5 aromatic carbocycles. The van der Waals surface area contributed by atoms with Crippen molar-refractivity contribution in [2.45, 2.75) is 25.4 Å². The highest BCUT2D eigenvalue weighted by atomic mass is 28.3. The zero-order valence-electron chi connectivity index (χ0n) is 24.8. The van der Waals surface area contributed by atoms with Crippen molar-refractivity contribution in [3.8, 4) is 0 Å². The average molecular weight is 572 g/mol. The Morgan fingerprint density at radius 1 is 0.698 bits per heavy atom. The summed E-state index contributed by atoms with van der Waals surface area (Å²) in [5, 5.41) is 5.25. The molecule has 208 valence electrons. The maximum atomic E-state index is 6.50. The molecule has 0 saturated heterocycles. The first-order valence-corrected chi connectivity index (χ1v) is 18.0. The summed E-state index contributed by atoms with van der Waals surface area (Å²) in [5.41, 5.74) is 10.2. The number of rotatable bonds is 3. The molecule has 0 aliphatic carbocycles.